The lowest BCUT2D eigenvalue weighted by atomic mass is 9.86. The molecule has 1 rings (SSSR count). The highest BCUT2D eigenvalue weighted by molar-refractivity contribution is 5.75. The molecule has 0 spiro atoms. The van der Waals surface area contributed by atoms with Gasteiger partial charge in [0.1, 0.15) is 6.10 Å². The molecule has 5 nitrogen and oxygen atoms in total. The number of hydrogen-bond acceptors (Lipinski definition) is 4. The lowest BCUT2D eigenvalue weighted by Gasteiger charge is -2.34. The van der Waals surface area contributed by atoms with Crippen LogP contribution >= 0.6 is 0 Å². The van der Waals surface area contributed by atoms with Crippen LogP contribution < -0.4 is 0 Å². The summed E-state index contributed by atoms with van der Waals surface area (Å²) in [5, 5.41) is 18.4. The molecule has 2 atom stereocenters. The summed E-state index contributed by atoms with van der Waals surface area (Å²) in [7, 11) is 0. The van der Waals surface area contributed by atoms with Gasteiger partial charge in [-0.05, 0) is 6.42 Å². The predicted molar refractivity (Wildman–Crippen MR) is 46.6 cm³/mol. The van der Waals surface area contributed by atoms with Gasteiger partial charge in [-0.1, -0.05) is 6.92 Å². The number of cyclic esters (lactones) is 1. The molecule has 1 heterocycles. The third-order valence-corrected chi connectivity index (χ3v) is 2.31. The van der Waals surface area contributed by atoms with Gasteiger partial charge in [0, 0.05) is 6.42 Å². The van der Waals surface area contributed by atoms with Crippen LogP contribution in [0.1, 0.15) is 32.6 Å². The van der Waals surface area contributed by atoms with E-state index in [1.54, 1.807) is 0 Å². The predicted octanol–water partition coefficient (Wildman–Crippen LogP) is 0.308. The van der Waals surface area contributed by atoms with Gasteiger partial charge in [0.2, 0.25) is 0 Å². The number of carboxylic acids is 1. The minimum Gasteiger partial charge on any atom is -0.481 e. The van der Waals surface area contributed by atoms with Crippen molar-refractivity contribution in [1.82, 2.24) is 0 Å². The van der Waals surface area contributed by atoms with Crippen molar-refractivity contribution in [2.24, 2.45) is 0 Å². The Labute approximate surface area is 81.7 Å². The van der Waals surface area contributed by atoms with Crippen LogP contribution in [-0.2, 0) is 14.3 Å². The number of esters is 1. The number of carbonyl (C=O) groups excluding carboxylic acids is 1. The number of aliphatic hydroxyl groups is 1. The van der Waals surface area contributed by atoms with Gasteiger partial charge in [-0.15, -0.1) is 0 Å². The Balaban J connectivity index is 2.67. The Bertz CT molecular complexity index is 246. The lowest BCUT2D eigenvalue weighted by molar-refractivity contribution is -0.173. The summed E-state index contributed by atoms with van der Waals surface area (Å²) >= 11 is 0. The first-order valence-electron chi connectivity index (χ1n) is 4.59. The van der Waals surface area contributed by atoms with Crippen LogP contribution in [-0.4, -0.2) is 33.9 Å². The fraction of sp³-hybridized carbons (Fsp3) is 0.778. The molecule has 1 unspecified atom stereocenters. The molecule has 0 aromatic heterocycles. The van der Waals surface area contributed by atoms with E-state index in [-0.39, 0.29) is 18.9 Å². The zero-order valence-electron chi connectivity index (χ0n) is 8.02. The molecule has 0 aromatic rings. The molecule has 1 fully saturated rings. The van der Waals surface area contributed by atoms with Crippen LogP contribution in [0.2, 0.25) is 0 Å². The zero-order valence-corrected chi connectivity index (χ0v) is 8.02. The number of carbonyl (C=O) groups is 2. The third kappa shape index (κ3) is 2.70. The normalized spacial score (nSPS) is 32.4. The molecule has 5 heteroatoms. The van der Waals surface area contributed by atoms with E-state index in [9.17, 15) is 14.7 Å². The summed E-state index contributed by atoms with van der Waals surface area (Å²) < 4.78 is 4.92. The fourth-order valence-corrected chi connectivity index (χ4v) is 1.68. The third-order valence-electron chi connectivity index (χ3n) is 2.31. The molecule has 0 saturated carbocycles. The first-order chi connectivity index (χ1) is 6.45. The van der Waals surface area contributed by atoms with E-state index < -0.39 is 24.0 Å². The largest absolute Gasteiger partial charge is 0.481 e. The molecule has 1 saturated heterocycles. The summed E-state index contributed by atoms with van der Waals surface area (Å²) in [4.78, 5) is 21.5. The van der Waals surface area contributed by atoms with Crippen LogP contribution in [0, 0.1) is 0 Å². The van der Waals surface area contributed by atoms with E-state index in [0.717, 1.165) is 0 Å². The van der Waals surface area contributed by atoms with Gasteiger partial charge in [0.05, 0.1) is 18.4 Å². The monoisotopic (exact) mass is 202 g/mol. The van der Waals surface area contributed by atoms with Crippen LogP contribution in [0.25, 0.3) is 0 Å². The van der Waals surface area contributed by atoms with Gasteiger partial charge < -0.3 is 14.9 Å². The van der Waals surface area contributed by atoms with Crippen LogP contribution in [0.5, 0.6) is 0 Å². The van der Waals surface area contributed by atoms with Crippen molar-refractivity contribution in [3.8, 4) is 0 Å². The zero-order chi connectivity index (χ0) is 10.8. The fourth-order valence-electron chi connectivity index (χ4n) is 1.68. The summed E-state index contributed by atoms with van der Waals surface area (Å²) in [6.07, 6.45) is -0.190. The SMILES string of the molecule is CC[C@H]1CC(O)(CC(=O)O)CC(=O)O1. The highest BCUT2D eigenvalue weighted by Crippen LogP contribution is 2.29. The summed E-state index contributed by atoms with van der Waals surface area (Å²) in [6.45, 7) is 1.82. The average molecular weight is 202 g/mol. The van der Waals surface area contributed by atoms with Gasteiger partial charge in [-0.3, -0.25) is 9.59 Å². The Kier molecular flexibility index (Phi) is 3.10. The van der Waals surface area contributed by atoms with E-state index in [1.165, 1.54) is 0 Å². The summed E-state index contributed by atoms with van der Waals surface area (Å²) in [5.74, 6) is -1.62. The average Bonchev–Trinajstić information content (AvgIpc) is 1.99. The Morgan fingerprint density at radius 2 is 2.36 bits per heavy atom. The van der Waals surface area contributed by atoms with Gasteiger partial charge in [-0.2, -0.15) is 0 Å². The van der Waals surface area contributed by atoms with Crippen LogP contribution in [0.3, 0.4) is 0 Å². The van der Waals surface area contributed by atoms with Crippen molar-refractivity contribution in [2.75, 3.05) is 0 Å². The van der Waals surface area contributed by atoms with Crippen LogP contribution in [0.15, 0.2) is 0 Å². The van der Waals surface area contributed by atoms with Crippen molar-refractivity contribution in [2.45, 2.75) is 44.3 Å². The van der Waals surface area contributed by atoms with E-state index in [2.05, 4.69) is 0 Å². The number of carboxylic acid groups (broad SMARTS) is 1. The molecule has 0 amide bonds. The van der Waals surface area contributed by atoms with Crippen molar-refractivity contribution in [1.29, 1.82) is 0 Å². The van der Waals surface area contributed by atoms with E-state index in [0.29, 0.717) is 6.42 Å². The van der Waals surface area contributed by atoms with Crippen molar-refractivity contribution in [3.63, 3.8) is 0 Å². The highest BCUT2D eigenvalue weighted by Gasteiger charge is 2.40. The van der Waals surface area contributed by atoms with Gasteiger partial charge >= 0.3 is 11.9 Å². The van der Waals surface area contributed by atoms with E-state index >= 15 is 0 Å². The second-order valence-electron chi connectivity index (χ2n) is 3.70. The minimum atomic E-state index is -1.43. The first kappa shape index (κ1) is 11.0. The number of ether oxygens (including phenoxy) is 1. The molecular weight excluding hydrogens is 188 g/mol. The highest BCUT2D eigenvalue weighted by atomic mass is 16.5. The minimum absolute atomic E-state index is 0.210. The van der Waals surface area contributed by atoms with E-state index in [1.807, 2.05) is 6.92 Å². The van der Waals surface area contributed by atoms with E-state index in [4.69, 9.17) is 9.84 Å². The lowest BCUT2D eigenvalue weighted by Crippen LogP contribution is -2.44. The molecule has 1 aliphatic rings. The number of rotatable bonds is 3. The molecule has 2 N–H and O–H groups in total. The molecule has 14 heavy (non-hydrogen) atoms. The van der Waals surface area contributed by atoms with Gasteiger partial charge in [0.15, 0.2) is 0 Å². The Morgan fingerprint density at radius 3 is 2.86 bits per heavy atom. The molecule has 0 radical (unpaired) electrons. The van der Waals surface area contributed by atoms with Crippen molar-refractivity contribution in [3.05, 3.63) is 0 Å². The van der Waals surface area contributed by atoms with Crippen molar-refractivity contribution < 1.29 is 24.5 Å². The smallest absolute Gasteiger partial charge is 0.309 e. The van der Waals surface area contributed by atoms with Gasteiger partial charge in [-0.25, -0.2) is 0 Å². The Hall–Kier alpha value is -1.10. The maximum Gasteiger partial charge on any atom is 0.309 e. The molecule has 0 bridgehead atoms. The van der Waals surface area contributed by atoms with Crippen LogP contribution in [0.4, 0.5) is 0 Å². The second-order valence-corrected chi connectivity index (χ2v) is 3.70. The number of hydrogen-bond donors (Lipinski definition) is 2. The second kappa shape index (κ2) is 3.96. The summed E-state index contributed by atoms with van der Waals surface area (Å²) in [5.41, 5.74) is -1.43. The molecule has 0 aliphatic carbocycles. The molecule has 1 aliphatic heterocycles. The first-order valence-corrected chi connectivity index (χ1v) is 4.59. The maximum atomic E-state index is 11.1. The topological polar surface area (TPSA) is 83.8 Å². The maximum absolute atomic E-state index is 11.1. The molecule has 80 valence electrons. The standard InChI is InChI=1S/C9H14O5/c1-2-6-3-9(13,4-7(10)11)5-8(12)14-6/h6,13H,2-5H2,1H3,(H,10,11)/t6-,9?/m0/s1. The quantitative estimate of drug-likeness (QED) is 0.643. The molecular formula is C9H14O5. The number of aliphatic carboxylic acids is 1. The van der Waals surface area contributed by atoms with Crippen molar-refractivity contribution >= 4 is 11.9 Å². The summed E-state index contributed by atoms with van der Waals surface area (Å²) in [6, 6.07) is 0. The molecule has 0 aromatic carbocycles. The Morgan fingerprint density at radius 1 is 1.71 bits per heavy atom. The van der Waals surface area contributed by atoms with Gasteiger partial charge in [0.25, 0.3) is 0 Å².